The minimum atomic E-state index is -4.06. The minimum absolute atomic E-state index is 0.00332. The molecule has 0 aliphatic rings. The number of aryl methyl sites for hydroxylation is 1. The highest BCUT2D eigenvalue weighted by atomic mass is 35.5. The van der Waals surface area contributed by atoms with Gasteiger partial charge in [0.15, 0.2) is 5.84 Å². The Bertz CT molecular complexity index is 1330. The van der Waals surface area contributed by atoms with Crippen molar-refractivity contribution in [1.82, 2.24) is 9.55 Å². The van der Waals surface area contributed by atoms with Gasteiger partial charge in [-0.1, -0.05) is 23.7 Å². The monoisotopic (exact) mass is 427 g/mol. The van der Waals surface area contributed by atoms with E-state index < -0.39 is 15.8 Å². The van der Waals surface area contributed by atoms with E-state index in [1.165, 1.54) is 48.5 Å². The molecule has 3 aromatic carbocycles. The van der Waals surface area contributed by atoms with Gasteiger partial charge in [-0.25, -0.2) is 9.37 Å². The average Bonchev–Trinajstić information content (AvgIpc) is 3.03. The smallest absolute Gasteiger partial charge is 0.279 e. The predicted octanol–water partition coefficient (Wildman–Crippen LogP) is 4.82. The van der Waals surface area contributed by atoms with Crippen LogP contribution in [0.1, 0.15) is 11.4 Å². The molecular weight excluding hydrogens is 413 g/mol. The zero-order valence-corrected chi connectivity index (χ0v) is 16.8. The van der Waals surface area contributed by atoms with Crippen LogP contribution in [0.15, 0.2) is 82.1 Å². The molecule has 146 valence electrons. The Morgan fingerprint density at radius 3 is 2.34 bits per heavy atom. The Hall–Kier alpha value is -3.03. The topological polar surface area (TPSA) is 64.3 Å². The number of aromatic nitrogens is 2. The first-order chi connectivity index (χ1) is 13.8. The van der Waals surface area contributed by atoms with Gasteiger partial charge in [0.25, 0.3) is 10.0 Å². The third kappa shape index (κ3) is 3.79. The first kappa shape index (κ1) is 19.3. The van der Waals surface area contributed by atoms with E-state index in [9.17, 15) is 12.8 Å². The summed E-state index contributed by atoms with van der Waals surface area (Å²) in [4.78, 5) is 4.49. The zero-order valence-electron chi connectivity index (χ0n) is 15.3. The van der Waals surface area contributed by atoms with Gasteiger partial charge in [-0.2, -0.15) is 8.42 Å². The van der Waals surface area contributed by atoms with Crippen molar-refractivity contribution in [2.45, 2.75) is 11.8 Å². The van der Waals surface area contributed by atoms with Gasteiger partial charge in [-0.3, -0.25) is 4.57 Å². The van der Waals surface area contributed by atoms with E-state index in [-0.39, 0.29) is 10.7 Å². The SMILES string of the molecule is Cc1nc2ccccc2n1/C(=N/S(=O)(=O)c1ccc(Cl)cc1)c1ccc(F)cc1. The fourth-order valence-electron chi connectivity index (χ4n) is 3.01. The molecule has 0 N–H and O–H groups in total. The molecule has 0 fully saturated rings. The number of hydrogen-bond acceptors (Lipinski definition) is 3. The zero-order chi connectivity index (χ0) is 20.6. The third-order valence-corrected chi connectivity index (χ3v) is 5.89. The van der Waals surface area contributed by atoms with Crippen LogP contribution in [0.4, 0.5) is 4.39 Å². The Morgan fingerprint density at radius 2 is 1.66 bits per heavy atom. The van der Waals surface area contributed by atoms with E-state index >= 15 is 0 Å². The maximum absolute atomic E-state index is 13.5. The quantitative estimate of drug-likeness (QED) is 0.348. The molecule has 0 atom stereocenters. The second-order valence-corrected chi connectivity index (χ2v) is 8.37. The largest absolute Gasteiger partial charge is 0.284 e. The second kappa shape index (κ2) is 7.42. The predicted molar refractivity (Wildman–Crippen MR) is 111 cm³/mol. The number of halogens is 2. The lowest BCUT2D eigenvalue weighted by Gasteiger charge is -2.12. The van der Waals surface area contributed by atoms with Crippen molar-refractivity contribution in [3.63, 3.8) is 0 Å². The summed E-state index contributed by atoms with van der Waals surface area (Å²) in [6, 6.07) is 18.6. The molecule has 0 saturated heterocycles. The van der Waals surface area contributed by atoms with Crippen LogP contribution in [-0.2, 0) is 10.0 Å². The summed E-state index contributed by atoms with van der Waals surface area (Å²) in [5, 5.41) is 0.420. The van der Waals surface area contributed by atoms with Gasteiger partial charge in [0, 0.05) is 10.6 Å². The van der Waals surface area contributed by atoms with Crippen LogP contribution in [0.3, 0.4) is 0 Å². The number of fused-ring (bicyclic) bond motifs is 1. The third-order valence-electron chi connectivity index (χ3n) is 4.36. The first-order valence-corrected chi connectivity index (χ1v) is 10.5. The van der Waals surface area contributed by atoms with Crippen LogP contribution in [0.25, 0.3) is 11.0 Å². The van der Waals surface area contributed by atoms with Crippen molar-refractivity contribution in [1.29, 1.82) is 0 Å². The molecule has 0 bridgehead atoms. The van der Waals surface area contributed by atoms with Gasteiger partial charge in [-0.05, 0) is 67.6 Å². The van der Waals surface area contributed by atoms with Crippen molar-refractivity contribution in [3.05, 3.63) is 95.0 Å². The fraction of sp³-hybridized carbons (Fsp3) is 0.0476. The van der Waals surface area contributed by atoms with E-state index in [2.05, 4.69) is 9.38 Å². The van der Waals surface area contributed by atoms with Crippen molar-refractivity contribution in [2.24, 2.45) is 4.40 Å². The van der Waals surface area contributed by atoms with Crippen molar-refractivity contribution < 1.29 is 12.8 Å². The summed E-state index contributed by atoms with van der Waals surface area (Å²) in [5.41, 5.74) is 1.83. The molecule has 0 unspecified atom stereocenters. The van der Waals surface area contributed by atoms with E-state index in [1.54, 1.807) is 11.5 Å². The van der Waals surface area contributed by atoms with Crippen LogP contribution in [0.2, 0.25) is 5.02 Å². The lowest BCUT2D eigenvalue weighted by molar-refractivity contribution is 0.598. The lowest BCUT2D eigenvalue weighted by Crippen LogP contribution is -2.17. The second-order valence-electron chi connectivity index (χ2n) is 6.33. The summed E-state index contributed by atoms with van der Waals surface area (Å²) in [6.07, 6.45) is 0. The lowest BCUT2D eigenvalue weighted by atomic mass is 10.2. The van der Waals surface area contributed by atoms with Gasteiger partial charge in [-0.15, -0.1) is 4.40 Å². The molecule has 0 amide bonds. The van der Waals surface area contributed by atoms with Crippen molar-refractivity contribution >= 4 is 38.5 Å². The molecule has 4 aromatic rings. The van der Waals surface area contributed by atoms with E-state index in [4.69, 9.17) is 11.6 Å². The molecule has 0 aliphatic heterocycles. The number of sulfonamides is 1. The maximum Gasteiger partial charge on any atom is 0.284 e. The van der Waals surface area contributed by atoms with Gasteiger partial charge in [0.1, 0.15) is 11.6 Å². The van der Waals surface area contributed by atoms with E-state index in [0.29, 0.717) is 27.4 Å². The molecule has 0 saturated carbocycles. The highest BCUT2D eigenvalue weighted by molar-refractivity contribution is 7.90. The number of benzene rings is 3. The maximum atomic E-state index is 13.5. The van der Waals surface area contributed by atoms with Crippen LogP contribution in [0.5, 0.6) is 0 Å². The van der Waals surface area contributed by atoms with Gasteiger partial charge in [0.2, 0.25) is 0 Å². The highest BCUT2D eigenvalue weighted by Crippen LogP contribution is 2.22. The van der Waals surface area contributed by atoms with Gasteiger partial charge >= 0.3 is 0 Å². The Labute approximate surface area is 172 Å². The van der Waals surface area contributed by atoms with Crippen LogP contribution in [-0.4, -0.2) is 23.8 Å². The van der Waals surface area contributed by atoms with Crippen molar-refractivity contribution in [3.8, 4) is 0 Å². The first-order valence-electron chi connectivity index (χ1n) is 8.66. The van der Waals surface area contributed by atoms with E-state index in [1.807, 2.05) is 24.3 Å². The molecule has 0 radical (unpaired) electrons. The number of rotatable bonds is 3. The van der Waals surface area contributed by atoms with Crippen molar-refractivity contribution in [2.75, 3.05) is 0 Å². The molecule has 4 rings (SSSR count). The summed E-state index contributed by atoms with van der Waals surface area (Å²) in [5.74, 6) is 0.257. The highest BCUT2D eigenvalue weighted by Gasteiger charge is 2.20. The number of nitrogens with zero attached hydrogens (tertiary/aromatic N) is 3. The molecule has 0 aliphatic carbocycles. The van der Waals surface area contributed by atoms with Crippen LogP contribution >= 0.6 is 11.6 Å². The molecule has 1 heterocycles. The summed E-state index contributed by atoms with van der Waals surface area (Å²) >= 11 is 5.87. The Kier molecular flexibility index (Phi) is 4.94. The minimum Gasteiger partial charge on any atom is -0.279 e. The van der Waals surface area contributed by atoms with Crippen LogP contribution < -0.4 is 0 Å². The molecular formula is C21H15ClFN3O2S. The van der Waals surface area contributed by atoms with Gasteiger partial charge < -0.3 is 0 Å². The number of imidazole rings is 1. The number of para-hydroxylation sites is 2. The summed E-state index contributed by atoms with van der Waals surface area (Å²) in [7, 11) is -4.06. The summed E-state index contributed by atoms with van der Waals surface area (Å²) < 4.78 is 45.2. The Morgan fingerprint density at radius 1 is 1.00 bits per heavy atom. The normalized spacial score (nSPS) is 12.4. The van der Waals surface area contributed by atoms with Crippen LogP contribution in [0, 0.1) is 12.7 Å². The molecule has 1 aromatic heterocycles. The molecule has 29 heavy (non-hydrogen) atoms. The standard InChI is InChI=1S/C21H15ClFN3O2S/c1-14-24-19-4-2-3-5-20(19)26(14)21(15-6-10-17(23)11-7-15)25-29(27,28)18-12-8-16(22)9-13-18/h2-13H,1H3/b25-21+. The number of hydrogen-bond donors (Lipinski definition) is 0. The summed E-state index contributed by atoms with van der Waals surface area (Å²) in [6.45, 7) is 1.76. The average molecular weight is 428 g/mol. The fourth-order valence-corrected chi connectivity index (χ4v) is 4.13. The molecule has 0 spiro atoms. The Balaban J connectivity index is 1.98. The van der Waals surface area contributed by atoms with E-state index in [0.717, 1.165) is 0 Å². The molecule has 5 nitrogen and oxygen atoms in total. The van der Waals surface area contributed by atoms with Gasteiger partial charge in [0.05, 0.1) is 15.9 Å². The molecule has 8 heteroatoms.